The largest absolute Gasteiger partial charge is 0.491 e. The van der Waals surface area contributed by atoms with Crippen molar-refractivity contribution >= 4 is 11.4 Å². The molecule has 5 nitrogen and oxygen atoms in total. The maximum Gasteiger partial charge on any atom is 0.123 e. The number of nitrogens with zero attached hydrogens (tertiary/aromatic N) is 2. The Balaban J connectivity index is 2.09. The molecule has 1 heterocycles. The van der Waals surface area contributed by atoms with Crippen molar-refractivity contribution in [3.63, 3.8) is 0 Å². The molecular formula is C15H22N4O. The van der Waals surface area contributed by atoms with Gasteiger partial charge in [0, 0.05) is 48.9 Å². The number of anilines is 2. The Bertz CT molecular complexity index is 590. The van der Waals surface area contributed by atoms with Crippen molar-refractivity contribution in [3.8, 4) is 5.75 Å². The van der Waals surface area contributed by atoms with Crippen LogP contribution in [0.15, 0.2) is 24.4 Å². The topological polar surface area (TPSA) is 65.1 Å². The van der Waals surface area contributed by atoms with Gasteiger partial charge in [0.15, 0.2) is 0 Å². The second kappa shape index (κ2) is 5.86. The molecule has 0 bridgehead atoms. The lowest BCUT2D eigenvalue weighted by molar-refractivity contribution is 0.242. The van der Waals surface area contributed by atoms with E-state index in [4.69, 9.17) is 10.5 Å². The van der Waals surface area contributed by atoms with E-state index in [0.717, 1.165) is 17.1 Å². The third-order valence-corrected chi connectivity index (χ3v) is 2.90. The minimum atomic E-state index is 0.130. The summed E-state index contributed by atoms with van der Waals surface area (Å²) in [5, 5.41) is 7.68. The lowest BCUT2D eigenvalue weighted by Crippen LogP contribution is -2.07. The van der Waals surface area contributed by atoms with Crippen molar-refractivity contribution in [2.75, 3.05) is 11.1 Å². The van der Waals surface area contributed by atoms with Crippen LogP contribution in [0.3, 0.4) is 0 Å². The minimum absolute atomic E-state index is 0.130. The molecule has 3 N–H and O–H groups in total. The van der Waals surface area contributed by atoms with E-state index in [1.165, 1.54) is 5.56 Å². The van der Waals surface area contributed by atoms with E-state index >= 15 is 0 Å². The SMILES string of the molecule is Cc1nn(C)cc1CNc1cc(N)cc(OC(C)C)c1. The summed E-state index contributed by atoms with van der Waals surface area (Å²) in [4.78, 5) is 0. The van der Waals surface area contributed by atoms with Crippen molar-refractivity contribution in [1.82, 2.24) is 9.78 Å². The van der Waals surface area contributed by atoms with Gasteiger partial charge < -0.3 is 15.8 Å². The molecule has 1 aromatic heterocycles. The lowest BCUT2D eigenvalue weighted by Gasteiger charge is -2.13. The van der Waals surface area contributed by atoms with Gasteiger partial charge >= 0.3 is 0 Å². The molecule has 0 radical (unpaired) electrons. The molecule has 0 aliphatic heterocycles. The van der Waals surface area contributed by atoms with Crippen molar-refractivity contribution < 1.29 is 4.74 Å². The number of rotatable bonds is 5. The molecule has 2 rings (SSSR count). The molecule has 1 aromatic carbocycles. The Hall–Kier alpha value is -2.17. The van der Waals surface area contributed by atoms with Crippen LogP contribution in [0.5, 0.6) is 5.75 Å². The number of ether oxygens (including phenoxy) is 1. The van der Waals surface area contributed by atoms with Gasteiger partial charge in [0.05, 0.1) is 11.8 Å². The Kier molecular flexibility index (Phi) is 4.17. The average Bonchev–Trinajstić information content (AvgIpc) is 2.63. The van der Waals surface area contributed by atoms with Gasteiger partial charge in [-0.1, -0.05) is 0 Å². The van der Waals surface area contributed by atoms with Crippen LogP contribution < -0.4 is 15.8 Å². The zero-order valence-corrected chi connectivity index (χ0v) is 12.5. The fourth-order valence-electron chi connectivity index (χ4n) is 2.08. The van der Waals surface area contributed by atoms with Crippen molar-refractivity contribution in [2.45, 2.75) is 33.4 Å². The maximum atomic E-state index is 5.90. The van der Waals surface area contributed by atoms with Crippen LogP contribution in [0, 0.1) is 6.92 Å². The molecule has 0 unspecified atom stereocenters. The number of hydrogen-bond acceptors (Lipinski definition) is 4. The summed E-state index contributed by atoms with van der Waals surface area (Å²) >= 11 is 0. The standard InChI is InChI=1S/C15H22N4O/c1-10(2)20-15-6-13(16)5-14(7-15)17-8-12-9-19(4)18-11(12)3/h5-7,9-10,17H,8,16H2,1-4H3. The normalized spacial score (nSPS) is 10.8. The van der Waals surface area contributed by atoms with E-state index in [-0.39, 0.29) is 6.10 Å². The van der Waals surface area contributed by atoms with Gasteiger partial charge in [0.25, 0.3) is 0 Å². The quantitative estimate of drug-likeness (QED) is 0.823. The zero-order valence-electron chi connectivity index (χ0n) is 12.5. The monoisotopic (exact) mass is 274 g/mol. The predicted octanol–water partition coefficient (Wildman–Crippen LogP) is 2.71. The number of aryl methyl sites for hydroxylation is 2. The van der Waals surface area contributed by atoms with Gasteiger partial charge in [-0.05, 0) is 26.8 Å². The van der Waals surface area contributed by atoms with Gasteiger partial charge in [-0.25, -0.2) is 0 Å². The molecule has 20 heavy (non-hydrogen) atoms. The van der Waals surface area contributed by atoms with Crippen LogP contribution >= 0.6 is 0 Å². The van der Waals surface area contributed by atoms with Gasteiger partial charge in [-0.15, -0.1) is 0 Å². The Labute approximate surface area is 119 Å². The van der Waals surface area contributed by atoms with Gasteiger partial charge in [0.1, 0.15) is 5.75 Å². The number of nitrogens with one attached hydrogen (secondary N) is 1. The molecule has 0 atom stereocenters. The molecular weight excluding hydrogens is 252 g/mol. The summed E-state index contributed by atoms with van der Waals surface area (Å²) < 4.78 is 7.50. The van der Waals surface area contributed by atoms with Crippen LogP contribution in [0.2, 0.25) is 0 Å². The summed E-state index contributed by atoms with van der Waals surface area (Å²) in [6.45, 7) is 6.71. The molecule has 0 fully saturated rings. The van der Waals surface area contributed by atoms with Crippen LogP contribution in [0.1, 0.15) is 25.1 Å². The molecule has 5 heteroatoms. The summed E-state index contributed by atoms with van der Waals surface area (Å²) in [5.74, 6) is 0.783. The summed E-state index contributed by atoms with van der Waals surface area (Å²) in [7, 11) is 1.92. The van der Waals surface area contributed by atoms with Crippen LogP contribution in [-0.4, -0.2) is 15.9 Å². The Morgan fingerprint density at radius 1 is 1.35 bits per heavy atom. The van der Waals surface area contributed by atoms with E-state index in [9.17, 15) is 0 Å². The summed E-state index contributed by atoms with van der Waals surface area (Å²) in [6.07, 6.45) is 2.14. The maximum absolute atomic E-state index is 5.90. The van der Waals surface area contributed by atoms with E-state index < -0.39 is 0 Å². The first kappa shape index (κ1) is 14.2. The first-order chi connectivity index (χ1) is 9.44. The average molecular weight is 274 g/mol. The van der Waals surface area contributed by atoms with E-state index in [0.29, 0.717) is 12.2 Å². The van der Waals surface area contributed by atoms with Gasteiger partial charge in [0.2, 0.25) is 0 Å². The minimum Gasteiger partial charge on any atom is -0.491 e. The molecule has 108 valence electrons. The molecule has 0 saturated heterocycles. The summed E-state index contributed by atoms with van der Waals surface area (Å²) in [6, 6.07) is 5.70. The van der Waals surface area contributed by atoms with Crippen LogP contribution in [0.4, 0.5) is 11.4 Å². The number of hydrogen-bond donors (Lipinski definition) is 2. The highest BCUT2D eigenvalue weighted by Crippen LogP contribution is 2.24. The highest BCUT2D eigenvalue weighted by Gasteiger charge is 2.05. The predicted molar refractivity (Wildman–Crippen MR) is 81.9 cm³/mol. The van der Waals surface area contributed by atoms with Crippen molar-refractivity contribution in [3.05, 3.63) is 35.7 Å². The smallest absolute Gasteiger partial charge is 0.123 e. The molecule has 0 amide bonds. The molecule has 0 aliphatic carbocycles. The van der Waals surface area contributed by atoms with E-state index in [1.807, 2.05) is 56.9 Å². The van der Waals surface area contributed by atoms with Crippen LogP contribution in [0.25, 0.3) is 0 Å². The van der Waals surface area contributed by atoms with Crippen molar-refractivity contribution in [2.24, 2.45) is 7.05 Å². The van der Waals surface area contributed by atoms with E-state index in [2.05, 4.69) is 10.4 Å². The second-order valence-electron chi connectivity index (χ2n) is 5.22. The van der Waals surface area contributed by atoms with Crippen LogP contribution in [-0.2, 0) is 13.6 Å². The number of nitrogens with two attached hydrogens (primary N) is 1. The first-order valence-corrected chi connectivity index (χ1v) is 6.74. The Morgan fingerprint density at radius 3 is 2.70 bits per heavy atom. The first-order valence-electron chi connectivity index (χ1n) is 6.74. The van der Waals surface area contributed by atoms with Crippen molar-refractivity contribution in [1.29, 1.82) is 0 Å². The van der Waals surface area contributed by atoms with E-state index in [1.54, 1.807) is 0 Å². The number of aromatic nitrogens is 2. The highest BCUT2D eigenvalue weighted by molar-refractivity contribution is 5.59. The fourth-order valence-corrected chi connectivity index (χ4v) is 2.08. The third-order valence-electron chi connectivity index (χ3n) is 2.90. The fraction of sp³-hybridized carbons (Fsp3) is 0.400. The zero-order chi connectivity index (χ0) is 14.7. The second-order valence-corrected chi connectivity index (χ2v) is 5.22. The Morgan fingerprint density at radius 2 is 2.10 bits per heavy atom. The number of benzene rings is 1. The molecule has 0 spiro atoms. The molecule has 2 aromatic rings. The molecule has 0 aliphatic rings. The summed E-state index contributed by atoms with van der Waals surface area (Å²) in [5.41, 5.74) is 9.74. The lowest BCUT2D eigenvalue weighted by atomic mass is 10.2. The number of nitrogen functional groups attached to an aromatic ring is 1. The van der Waals surface area contributed by atoms with Gasteiger partial charge in [-0.3, -0.25) is 4.68 Å². The van der Waals surface area contributed by atoms with Gasteiger partial charge in [-0.2, -0.15) is 5.10 Å². The third kappa shape index (κ3) is 3.66. The highest BCUT2D eigenvalue weighted by atomic mass is 16.5. The molecule has 0 saturated carbocycles.